The first-order valence-corrected chi connectivity index (χ1v) is 13.3. The molecule has 0 unspecified atom stereocenters. The summed E-state index contributed by atoms with van der Waals surface area (Å²) in [6, 6.07) is 21.0. The van der Waals surface area contributed by atoms with Crippen molar-refractivity contribution in [3.05, 3.63) is 119 Å². The second kappa shape index (κ2) is 12.7. The van der Waals surface area contributed by atoms with Gasteiger partial charge in [0.25, 0.3) is 5.91 Å². The number of hydrogen-bond acceptors (Lipinski definition) is 8. The van der Waals surface area contributed by atoms with Crippen LogP contribution >= 0.6 is 11.8 Å². The van der Waals surface area contributed by atoms with E-state index in [1.165, 1.54) is 0 Å². The molecule has 0 radical (unpaired) electrons. The van der Waals surface area contributed by atoms with E-state index in [9.17, 15) is 9.90 Å². The lowest BCUT2D eigenvalue weighted by molar-refractivity contribution is -0.245. The van der Waals surface area contributed by atoms with Crippen LogP contribution in [0.15, 0.2) is 96.7 Å². The molecule has 1 aliphatic rings. The van der Waals surface area contributed by atoms with Crippen molar-refractivity contribution in [2.24, 2.45) is 0 Å². The van der Waals surface area contributed by atoms with Crippen LogP contribution < -0.4 is 5.32 Å². The lowest BCUT2D eigenvalue weighted by Crippen LogP contribution is -2.31. The molecular formula is C29H28N4O4S. The number of carbonyl (C=O) groups excluding carboxylic acids is 1. The van der Waals surface area contributed by atoms with E-state index >= 15 is 0 Å². The summed E-state index contributed by atoms with van der Waals surface area (Å²) in [6.45, 7) is 0.402. The van der Waals surface area contributed by atoms with Gasteiger partial charge in [0, 0.05) is 49.1 Å². The number of rotatable bonds is 9. The van der Waals surface area contributed by atoms with Crippen molar-refractivity contribution >= 4 is 17.7 Å². The highest BCUT2D eigenvalue weighted by Gasteiger charge is 2.32. The number of aliphatic hydroxyl groups is 1. The molecule has 194 valence electrons. The summed E-state index contributed by atoms with van der Waals surface area (Å²) in [4.78, 5) is 24.9. The van der Waals surface area contributed by atoms with Crippen molar-refractivity contribution in [1.29, 1.82) is 0 Å². The van der Waals surface area contributed by atoms with Crippen molar-refractivity contribution in [3.8, 4) is 0 Å². The zero-order chi connectivity index (χ0) is 26.2. The van der Waals surface area contributed by atoms with Crippen LogP contribution in [-0.2, 0) is 22.6 Å². The lowest BCUT2D eigenvalue weighted by atomic mass is 10.0. The molecule has 4 aromatic rings. The maximum atomic E-state index is 12.3. The van der Waals surface area contributed by atoms with Gasteiger partial charge < -0.3 is 19.9 Å². The Bertz CT molecular complexity index is 1310. The van der Waals surface area contributed by atoms with Gasteiger partial charge in [-0.3, -0.25) is 9.78 Å². The van der Waals surface area contributed by atoms with Crippen LogP contribution in [-0.4, -0.2) is 37.8 Å². The van der Waals surface area contributed by atoms with Crippen molar-refractivity contribution in [2.45, 2.75) is 43.2 Å². The Kier molecular flexibility index (Phi) is 8.72. The van der Waals surface area contributed by atoms with Crippen molar-refractivity contribution in [2.75, 3.05) is 5.75 Å². The topological polar surface area (TPSA) is 106 Å². The van der Waals surface area contributed by atoms with Gasteiger partial charge in [-0.1, -0.05) is 60.3 Å². The molecule has 0 aliphatic carbocycles. The van der Waals surface area contributed by atoms with E-state index in [2.05, 4.69) is 20.3 Å². The largest absolute Gasteiger partial charge is 0.392 e. The van der Waals surface area contributed by atoms with E-state index in [1.807, 2.05) is 48.5 Å². The summed E-state index contributed by atoms with van der Waals surface area (Å²) in [6.07, 6.45) is 6.54. The number of nitrogens with zero attached hydrogens (tertiary/aromatic N) is 3. The van der Waals surface area contributed by atoms with Gasteiger partial charge in [0.2, 0.25) is 0 Å². The zero-order valence-corrected chi connectivity index (χ0v) is 21.5. The Labute approximate surface area is 225 Å². The normalized spacial score (nSPS) is 19.1. The highest BCUT2D eigenvalue weighted by atomic mass is 32.2. The van der Waals surface area contributed by atoms with Crippen LogP contribution in [0.1, 0.15) is 51.4 Å². The third-order valence-corrected chi connectivity index (χ3v) is 7.19. The molecule has 8 nitrogen and oxygen atoms in total. The first-order chi connectivity index (χ1) is 18.7. The summed E-state index contributed by atoms with van der Waals surface area (Å²) in [7, 11) is 0. The minimum absolute atomic E-state index is 0.00290. The number of pyridine rings is 1. The van der Waals surface area contributed by atoms with E-state index in [-0.39, 0.29) is 24.7 Å². The van der Waals surface area contributed by atoms with E-state index in [1.54, 1.807) is 54.7 Å². The Balaban J connectivity index is 1.27. The van der Waals surface area contributed by atoms with Crippen LogP contribution in [0, 0.1) is 0 Å². The highest BCUT2D eigenvalue weighted by Crippen LogP contribution is 2.39. The average Bonchev–Trinajstić information content (AvgIpc) is 3.00. The fourth-order valence-electron chi connectivity index (χ4n) is 4.12. The standard InChI is InChI=1S/C29H28N4O4S/c34-18-21-6-8-22(9-7-21)26-15-25(19-38-29-31-13-2-14-32-29)36-28(37-26)23-10-4-20(5-11-23)16-33-27(35)24-3-1-12-30-17-24/h1-14,17,25-26,28,34H,15-16,18-19H2,(H,33,35)/t25-,26+,28+/m1/s1. The molecule has 2 aromatic heterocycles. The molecule has 1 saturated heterocycles. The van der Waals surface area contributed by atoms with E-state index in [0.717, 1.165) is 22.3 Å². The Morgan fingerprint density at radius 1 is 0.921 bits per heavy atom. The van der Waals surface area contributed by atoms with Gasteiger partial charge in [-0.2, -0.15) is 0 Å². The predicted molar refractivity (Wildman–Crippen MR) is 143 cm³/mol. The molecule has 1 amide bonds. The first kappa shape index (κ1) is 26.0. The number of nitrogens with one attached hydrogen (secondary N) is 1. The highest BCUT2D eigenvalue weighted by molar-refractivity contribution is 7.99. The molecule has 2 aromatic carbocycles. The Hall–Kier alpha value is -3.63. The average molecular weight is 529 g/mol. The van der Waals surface area contributed by atoms with Crippen LogP contribution in [0.2, 0.25) is 0 Å². The number of aromatic nitrogens is 3. The third kappa shape index (κ3) is 6.81. The maximum Gasteiger partial charge on any atom is 0.253 e. The van der Waals surface area contributed by atoms with E-state index in [0.29, 0.717) is 29.4 Å². The van der Waals surface area contributed by atoms with Crippen LogP contribution in [0.3, 0.4) is 0 Å². The molecule has 0 spiro atoms. The van der Waals surface area contributed by atoms with Gasteiger partial charge in [0.15, 0.2) is 11.4 Å². The smallest absolute Gasteiger partial charge is 0.253 e. The molecular weight excluding hydrogens is 500 g/mol. The first-order valence-electron chi connectivity index (χ1n) is 12.4. The molecule has 0 saturated carbocycles. The van der Waals surface area contributed by atoms with Crippen molar-refractivity contribution in [3.63, 3.8) is 0 Å². The number of hydrogen-bond donors (Lipinski definition) is 2. The molecule has 5 rings (SSSR count). The third-order valence-electron chi connectivity index (χ3n) is 6.18. The molecule has 1 aliphatic heterocycles. The van der Waals surface area contributed by atoms with Gasteiger partial charge in [0.05, 0.1) is 24.4 Å². The SMILES string of the molecule is O=C(NCc1ccc([C@H]2O[C@@H](CSc3ncccn3)C[C@@H](c3ccc(CO)cc3)O2)cc1)c1cccnc1. The summed E-state index contributed by atoms with van der Waals surface area (Å²) in [5.41, 5.74) is 4.28. The van der Waals surface area contributed by atoms with Gasteiger partial charge >= 0.3 is 0 Å². The molecule has 2 N–H and O–H groups in total. The lowest BCUT2D eigenvalue weighted by Gasteiger charge is -2.36. The molecule has 3 atom stereocenters. The summed E-state index contributed by atoms with van der Waals surface area (Å²) < 4.78 is 12.8. The van der Waals surface area contributed by atoms with E-state index < -0.39 is 6.29 Å². The number of benzene rings is 2. The molecule has 3 heterocycles. The Morgan fingerprint density at radius 3 is 2.37 bits per heavy atom. The quantitative estimate of drug-likeness (QED) is 0.239. The number of carbonyl (C=O) groups is 1. The fourth-order valence-corrected chi connectivity index (χ4v) is 4.94. The molecule has 0 bridgehead atoms. The van der Waals surface area contributed by atoms with Gasteiger partial charge in [-0.25, -0.2) is 9.97 Å². The molecule has 9 heteroatoms. The number of amides is 1. The van der Waals surface area contributed by atoms with E-state index in [4.69, 9.17) is 9.47 Å². The second-order valence-corrected chi connectivity index (χ2v) is 9.85. The van der Waals surface area contributed by atoms with Gasteiger partial charge in [0.1, 0.15) is 0 Å². The number of ether oxygens (including phenoxy) is 2. The predicted octanol–water partition coefficient (Wildman–Crippen LogP) is 4.63. The monoisotopic (exact) mass is 528 g/mol. The zero-order valence-electron chi connectivity index (χ0n) is 20.6. The molecule has 38 heavy (non-hydrogen) atoms. The number of aliphatic hydroxyl groups excluding tert-OH is 1. The maximum absolute atomic E-state index is 12.3. The van der Waals surface area contributed by atoms with Crippen LogP contribution in [0.25, 0.3) is 0 Å². The summed E-state index contributed by atoms with van der Waals surface area (Å²) in [5.74, 6) is 0.520. The summed E-state index contributed by atoms with van der Waals surface area (Å²) >= 11 is 1.56. The minimum Gasteiger partial charge on any atom is -0.392 e. The van der Waals surface area contributed by atoms with Crippen molar-refractivity contribution < 1.29 is 19.4 Å². The minimum atomic E-state index is -0.549. The molecule has 1 fully saturated rings. The number of thioether (sulfide) groups is 1. The summed E-state index contributed by atoms with van der Waals surface area (Å²) in [5, 5.41) is 13.0. The Morgan fingerprint density at radius 2 is 1.66 bits per heavy atom. The van der Waals surface area contributed by atoms with Crippen LogP contribution in [0.4, 0.5) is 0 Å². The van der Waals surface area contributed by atoms with Gasteiger partial charge in [-0.05, 0) is 34.9 Å². The van der Waals surface area contributed by atoms with Gasteiger partial charge in [-0.15, -0.1) is 0 Å². The fraction of sp³-hybridized carbons (Fsp3) is 0.241. The second-order valence-electron chi connectivity index (χ2n) is 8.86. The van der Waals surface area contributed by atoms with Crippen LogP contribution in [0.5, 0.6) is 0 Å². The van der Waals surface area contributed by atoms with Crippen molar-refractivity contribution in [1.82, 2.24) is 20.3 Å².